The Morgan fingerprint density at radius 3 is 2.25 bits per heavy atom. The van der Waals surface area contributed by atoms with Gasteiger partial charge in [0.05, 0.1) is 18.3 Å². The zero-order valence-corrected chi connectivity index (χ0v) is 15.6. The first-order valence-electron chi connectivity index (χ1n) is 9.72. The van der Waals surface area contributed by atoms with E-state index in [-0.39, 0.29) is 42.7 Å². The fraction of sp³-hybridized carbons (Fsp3) is 0.632. The second kappa shape index (κ2) is 8.99. The molecule has 28 heavy (non-hydrogen) atoms. The van der Waals surface area contributed by atoms with Gasteiger partial charge in [0.2, 0.25) is 11.8 Å². The van der Waals surface area contributed by atoms with E-state index in [9.17, 15) is 24.0 Å². The summed E-state index contributed by atoms with van der Waals surface area (Å²) in [5.74, 6) is -2.62. The maximum atomic E-state index is 12.3. The van der Waals surface area contributed by atoms with Crippen LogP contribution in [0.4, 0.5) is 4.79 Å². The number of nitrogens with zero attached hydrogens (tertiary/aromatic N) is 1. The highest BCUT2D eigenvalue weighted by molar-refractivity contribution is 6.05. The molecule has 3 aliphatic rings. The van der Waals surface area contributed by atoms with Gasteiger partial charge in [-0.2, -0.15) is 0 Å². The van der Waals surface area contributed by atoms with Crippen LogP contribution in [0.25, 0.3) is 0 Å². The first-order chi connectivity index (χ1) is 13.5. The van der Waals surface area contributed by atoms with Crippen molar-refractivity contribution in [2.24, 2.45) is 11.8 Å². The molecule has 0 bridgehead atoms. The standard InChI is InChI=1S/C19H25N3O6/c23-15(21-19(27)20-12-5-1-2-6-12)11-28-16(24)9-10-22-17(25)13-7-3-4-8-14(13)18(22)26/h3-4,12-14H,1-2,5-11H2,(H2,20,21,23,27)/t13-,14-/m0/s1. The summed E-state index contributed by atoms with van der Waals surface area (Å²) in [7, 11) is 0. The minimum absolute atomic E-state index is 0.0622. The Morgan fingerprint density at radius 2 is 1.64 bits per heavy atom. The SMILES string of the molecule is O=C(COC(=O)CCN1C(=O)[C@H]2CC=CC[C@@H]2C1=O)NC(=O)NC1CCCC1. The summed E-state index contributed by atoms with van der Waals surface area (Å²) in [6.45, 7) is -0.652. The summed E-state index contributed by atoms with van der Waals surface area (Å²) >= 11 is 0. The van der Waals surface area contributed by atoms with Crippen molar-refractivity contribution < 1.29 is 28.7 Å². The molecule has 0 radical (unpaired) electrons. The molecule has 0 aromatic heterocycles. The molecule has 9 heteroatoms. The number of nitrogens with one attached hydrogen (secondary N) is 2. The Kier molecular flexibility index (Phi) is 6.43. The Bertz CT molecular complexity index is 672. The summed E-state index contributed by atoms with van der Waals surface area (Å²) in [6, 6.07) is -0.526. The predicted octanol–water partition coefficient (Wildman–Crippen LogP) is 0.639. The third-order valence-electron chi connectivity index (χ3n) is 5.45. The lowest BCUT2D eigenvalue weighted by atomic mass is 9.85. The lowest BCUT2D eigenvalue weighted by Gasteiger charge is -2.14. The van der Waals surface area contributed by atoms with Gasteiger partial charge in [0, 0.05) is 12.6 Å². The van der Waals surface area contributed by atoms with Crippen molar-refractivity contribution in [1.29, 1.82) is 0 Å². The second-order valence-electron chi connectivity index (χ2n) is 7.40. The Labute approximate surface area is 162 Å². The highest BCUT2D eigenvalue weighted by Crippen LogP contribution is 2.34. The van der Waals surface area contributed by atoms with Crippen LogP contribution in [0.3, 0.4) is 0 Å². The van der Waals surface area contributed by atoms with E-state index in [1.165, 1.54) is 0 Å². The Morgan fingerprint density at radius 1 is 1.04 bits per heavy atom. The summed E-state index contributed by atoms with van der Waals surface area (Å²) in [4.78, 5) is 60.9. The molecule has 2 N–H and O–H groups in total. The van der Waals surface area contributed by atoms with Crippen molar-refractivity contribution in [3.63, 3.8) is 0 Å². The van der Waals surface area contributed by atoms with Gasteiger partial charge in [0.1, 0.15) is 0 Å². The molecule has 1 saturated heterocycles. The van der Waals surface area contributed by atoms with Gasteiger partial charge in [0.15, 0.2) is 6.61 Å². The first kappa shape index (κ1) is 20.0. The van der Waals surface area contributed by atoms with Crippen LogP contribution in [-0.2, 0) is 23.9 Å². The minimum Gasteiger partial charge on any atom is -0.456 e. The normalized spacial score (nSPS) is 24.2. The molecular formula is C19H25N3O6. The van der Waals surface area contributed by atoms with E-state index in [0.717, 1.165) is 30.6 Å². The molecule has 9 nitrogen and oxygen atoms in total. The molecule has 3 rings (SSSR count). The monoisotopic (exact) mass is 391 g/mol. The average molecular weight is 391 g/mol. The molecule has 0 unspecified atom stereocenters. The van der Waals surface area contributed by atoms with Crippen molar-refractivity contribution in [3.05, 3.63) is 12.2 Å². The molecule has 152 valence electrons. The molecule has 0 aromatic rings. The smallest absolute Gasteiger partial charge is 0.321 e. The van der Waals surface area contributed by atoms with E-state index in [0.29, 0.717) is 12.8 Å². The van der Waals surface area contributed by atoms with Crippen LogP contribution in [0.2, 0.25) is 0 Å². The quantitative estimate of drug-likeness (QED) is 0.389. The lowest BCUT2D eigenvalue weighted by molar-refractivity contribution is -0.149. The Balaban J connectivity index is 1.35. The van der Waals surface area contributed by atoms with Crippen LogP contribution in [-0.4, -0.2) is 53.8 Å². The van der Waals surface area contributed by atoms with Crippen molar-refractivity contribution in [1.82, 2.24) is 15.5 Å². The summed E-state index contributed by atoms with van der Waals surface area (Å²) in [5, 5.41) is 4.81. The minimum atomic E-state index is -0.728. The van der Waals surface area contributed by atoms with Crippen LogP contribution in [0.15, 0.2) is 12.2 Å². The zero-order chi connectivity index (χ0) is 20.1. The largest absolute Gasteiger partial charge is 0.456 e. The van der Waals surface area contributed by atoms with Crippen molar-refractivity contribution >= 4 is 29.7 Å². The number of carbonyl (C=O) groups excluding carboxylic acids is 5. The van der Waals surface area contributed by atoms with Gasteiger partial charge in [-0.1, -0.05) is 25.0 Å². The number of hydrogen-bond donors (Lipinski definition) is 2. The van der Waals surface area contributed by atoms with Gasteiger partial charge in [-0.25, -0.2) is 4.79 Å². The highest BCUT2D eigenvalue weighted by atomic mass is 16.5. The average Bonchev–Trinajstić information content (AvgIpc) is 3.26. The molecule has 2 fully saturated rings. The molecule has 1 heterocycles. The molecule has 2 atom stereocenters. The maximum Gasteiger partial charge on any atom is 0.321 e. The first-order valence-corrected chi connectivity index (χ1v) is 9.72. The number of allylic oxidation sites excluding steroid dienone is 2. The number of fused-ring (bicyclic) bond motifs is 1. The van der Waals surface area contributed by atoms with Gasteiger partial charge in [-0.3, -0.25) is 29.4 Å². The van der Waals surface area contributed by atoms with Crippen LogP contribution >= 0.6 is 0 Å². The number of urea groups is 1. The third-order valence-corrected chi connectivity index (χ3v) is 5.45. The molecule has 1 saturated carbocycles. The van der Waals surface area contributed by atoms with E-state index in [4.69, 9.17) is 4.74 Å². The van der Waals surface area contributed by atoms with Crippen molar-refractivity contribution in [2.75, 3.05) is 13.2 Å². The van der Waals surface area contributed by atoms with E-state index in [1.54, 1.807) is 0 Å². The van der Waals surface area contributed by atoms with E-state index >= 15 is 0 Å². The summed E-state index contributed by atoms with van der Waals surface area (Å²) < 4.78 is 4.83. The van der Waals surface area contributed by atoms with Gasteiger partial charge in [-0.05, 0) is 25.7 Å². The van der Waals surface area contributed by atoms with Crippen molar-refractivity contribution in [3.8, 4) is 0 Å². The topological polar surface area (TPSA) is 122 Å². The fourth-order valence-electron chi connectivity index (χ4n) is 3.97. The summed E-state index contributed by atoms with van der Waals surface area (Å²) in [6.07, 6.45) is 8.57. The number of amides is 5. The number of likely N-dealkylation sites (tertiary alicyclic amines) is 1. The van der Waals surface area contributed by atoms with Gasteiger partial charge < -0.3 is 10.1 Å². The van der Waals surface area contributed by atoms with E-state index in [2.05, 4.69) is 10.6 Å². The number of ether oxygens (including phenoxy) is 1. The number of carbonyl (C=O) groups is 5. The van der Waals surface area contributed by atoms with Crippen molar-refractivity contribution in [2.45, 2.75) is 51.0 Å². The fourth-order valence-corrected chi connectivity index (χ4v) is 3.97. The maximum absolute atomic E-state index is 12.3. The number of hydrogen-bond acceptors (Lipinski definition) is 6. The summed E-state index contributed by atoms with van der Waals surface area (Å²) in [5.41, 5.74) is 0. The zero-order valence-electron chi connectivity index (χ0n) is 15.6. The predicted molar refractivity (Wildman–Crippen MR) is 96.6 cm³/mol. The van der Waals surface area contributed by atoms with E-state index in [1.807, 2.05) is 12.2 Å². The molecule has 1 aliphatic heterocycles. The number of esters is 1. The number of rotatable bonds is 6. The second-order valence-corrected chi connectivity index (χ2v) is 7.40. The molecule has 2 aliphatic carbocycles. The molecule has 0 aromatic carbocycles. The van der Waals surface area contributed by atoms with Gasteiger partial charge in [0.25, 0.3) is 5.91 Å². The Hall–Kier alpha value is -2.71. The highest BCUT2D eigenvalue weighted by Gasteiger charge is 2.46. The van der Waals surface area contributed by atoms with Crippen LogP contribution in [0, 0.1) is 11.8 Å². The molecule has 5 amide bonds. The van der Waals surface area contributed by atoms with Gasteiger partial charge >= 0.3 is 12.0 Å². The molecule has 0 spiro atoms. The molecular weight excluding hydrogens is 366 g/mol. The third kappa shape index (κ3) is 4.76. The van der Waals surface area contributed by atoms with Crippen LogP contribution in [0.5, 0.6) is 0 Å². The number of imide groups is 2. The van der Waals surface area contributed by atoms with Crippen LogP contribution < -0.4 is 10.6 Å². The van der Waals surface area contributed by atoms with Gasteiger partial charge in [-0.15, -0.1) is 0 Å². The van der Waals surface area contributed by atoms with E-state index < -0.39 is 24.5 Å². The van der Waals surface area contributed by atoms with Crippen LogP contribution in [0.1, 0.15) is 44.9 Å². The lowest BCUT2D eigenvalue weighted by Crippen LogP contribution is -2.45.